The van der Waals surface area contributed by atoms with Gasteiger partial charge in [0.2, 0.25) is 0 Å². The molecule has 0 N–H and O–H groups in total. The molecule has 0 heterocycles. The minimum Gasteiger partial charge on any atom is -0.198 e. The number of hydrogen-bond acceptors (Lipinski definition) is 1. The monoisotopic (exact) mass is 263 g/mol. The molecule has 7 atom stereocenters. The second-order valence-electron chi connectivity index (χ2n) is 5.38. The van der Waals surface area contributed by atoms with Gasteiger partial charge < -0.3 is 0 Å². The highest BCUT2D eigenvalue weighted by molar-refractivity contribution is 6.31. The molecule has 1 unspecified atom stereocenters. The summed E-state index contributed by atoms with van der Waals surface area (Å²) in [5, 5.41) is 9.18. The third-order valence-corrected chi connectivity index (χ3v) is 6.03. The highest BCUT2D eigenvalue weighted by atomic mass is 35.5. The number of halogens is 2. The lowest BCUT2D eigenvalue weighted by Crippen LogP contribution is -2.41. The maximum absolute atomic E-state index is 9.22. The molecule has 0 amide bonds. The Hall–Kier alpha value is -0.710. The molecule has 0 aliphatic heterocycles. The first-order valence-electron chi connectivity index (χ1n) is 6.02. The first-order chi connectivity index (χ1) is 8.25. The molecule has 2 bridgehead atoms. The fraction of sp³-hybridized carbons (Fsp3) is 0.500. The van der Waals surface area contributed by atoms with Crippen LogP contribution in [0.25, 0.3) is 0 Å². The molecule has 2 fully saturated rings. The summed E-state index contributed by atoms with van der Waals surface area (Å²) in [4.78, 5) is 0. The number of alkyl halides is 2. The molecule has 17 heavy (non-hydrogen) atoms. The standard InChI is InChI=1S/C14H11Cl2N/c15-13-11-6-3-1-2-4-7(6)12(14(13)16)10-8(5-17)9(10)11/h1-4,8-14H/t8?,9-,10+,11+,12-,13-,14-/m1/s1. The fourth-order valence-corrected chi connectivity index (χ4v) is 5.07. The molecule has 5 rings (SSSR count). The topological polar surface area (TPSA) is 23.8 Å². The number of benzene rings is 1. The summed E-state index contributed by atoms with van der Waals surface area (Å²) in [5.74, 6) is 1.65. The predicted octanol–water partition coefficient (Wildman–Crippen LogP) is 3.48. The van der Waals surface area contributed by atoms with Crippen molar-refractivity contribution >= 4 is 23.2 Å². The highest BCUT2D eigenvalue weighted by Crippen LogP contribution is 2.71. The van der Waals surface area contributed by atoms with Gasteiger partial charge in [0.1, 0.15) is 0 Å². The van der Waals surface area contributed by atoms with Gasteiger partial charge >= 0.3 is 0 Å². The molecule has 1 nitrogen and oxygen atoms in total. The van der Waals surface area contributed by atoms with Crippen LogP contribution in [0.1, 0.15) is 23.0 Å². The van der Waals surface area contributed by atoms with Crippen molar-refractivity contribution in [3.05, 3.63) is 35.4 Å². The zero-order valence-corrected chi connectivity index (χ0v) is 10.6. The van der Waals surface area contributed by atoms with Crippen LogP contribution < -0.4 is 0 Å². The average Bonchev–Trinajstić information content (AvgIpc) is 3.07. The van der Waals surface area contributed by atoms with E-state index in [1.54, 1.807) is 0 Å². The summed E-state index contributed by atoms with van der Waals surface area (Å²) in [6, 6.07) is 10.9. The van der Waals surface area contributed by atoms with Gasteiger partial charge in [0.15, 0.2) is 0 Å². The van der Waals surface area contributed by atoms with E-state index in [1.165, 1.54) is 11.1 Å². The smallest absolute Gasteiger partial charge is 0.0662 e. The van der Waals surface area contributed by atoms with Gasteiger partial charge in [-0.2, -0.15) is 5.26 Å². The van der Waals surface area contributed by atoms with E-state index in [9.17, 15) is 5.26 Å². The van der Waals surface area contributed by atoms with Gasteiger partial charge in [0.05, 0.1) is 22.7 Å². The Balaban J connectivity index is 1.93. The van der Waals surface area contributed by atoms with E-state index in [-0.39, 0.29) is 28.5 Å². The van der Waals surface area contributed by atoms with Crippen molar-refractivity contribution in [2.24, 2.45) is 17.8 Å². The second kappa shape index (κ2) is 3.19. The van der Waals surface area contributed by atoms with E-state index in [2.05, 4.69) is 30.3 Å². The van der Waals surface area contributed by atoms with Crippen molar-refractivity contribution in [2.45, 2.75) is 22.6 Å². The maximum Gasteiger partial charge on any atom is 0.0662 e. The molecule has 2 saturated carbocycles. The molecule has 0 saturated heterocycles. The summed E-state index contributed by atoms with van der Waals surface area (Å²) in [6.45, 7) is 0. The highest BCUT2D eigenvalue weighted by Gasteiger charge is 2.69. The minimum absolute atomic E-state index is 0.0174. The number of rotatable bonds is 0. The third-order valence-electron chi connectivity index (χ3n) is 4.82. The van der Waals surface area contributed by atoms with Crippen molar-refractivity contribution in [1.82, 2.24) is 0 Å². The molecular weight excluding hydrogens is 253 g/mol. The van der Waals surface area contributed by atoms with Crippen LogP contribution in [0.4, 0.5) is 0 Å². The quantitative estimate of drug-likeness (QED) is 0.658. The van der Waals surface area contributed by atoms with Crippen LogP contribution in [-0.4, -0.2) is 10.8 Å². The second-order valence-corrected chi connectivity index (χ2v) is 6.39. The Morgan fingerprint density at radius 2 is 1.41 bits per heavy atom. The molecule has 4 aliphatic rings. The minimum atomic E-state index is -0.0174. The third kappa shape index (κ3) is 1.07. The van der Waals surface area contributed by atoms with Crippen molar-refractivity contribution in [1.29, 1.82) is 5.26 Å². The van der Waals surface area contributed by atoms with Crippen LogP contribution >= 0.6 is 23.2 Å². The number of fused-ring (bicyclic) bond motifs is 1. The summed E-state index contributed by atoms with van der Waals surface area (Å²) in [6.07, 6.45) is 0. The normalized spacial score (nSPS) is 49.1. The van der Waals surface area contributed by atoms with Crippen molar-refractivity contribution in [2.75, 3.05) is 0 Å². The van der Waals surface area contributed by atoms with Gasteiger partial charge in [-0.25, -0.2) is 0 Å². The SMILES string of the molecule is N#CC1[C@@H]2[C@H]3c4ccccc4[C@H]([C@@H](Cl)[C@@H]3Cl)[C@H]12. The Morgan fingerprint density at radius 1 is 0.941 bits per heavy atom. The number of nitriles is 1. The summed E-state index contributed by atoms with van der Waals surface area (Å²) in [7, 11) is 0. The summed E-state index contributed by atoms with van der Waals surface area (Å²) >= 11 is 13.0. The summed E-state index contributed by atoms with van der Waals surface area (Å²) in [5.41, 5.74) is 2.68. The lowest BCUT2D eigenvalue weighted by atomic mass is 9.66. The molecule has 0 aromatic heterocycles. The summed E-state index contributed by atoms with van der Waals surface area (Å²) < 4.78 is 0. The van der Waals surface area contributed by atoms with Gasteiger partial charge in [-0.15, -0.1) is 23.2 Å². The predicted molar refractivity (Wildman–Crippen MR) is 67.3 cm³/mol. The van der Waals surface area contributed by atoms with Crippen LogP contribution in [0.2, 0.25) is 0 Å². The van der Waals surface area contributed by atoms with Crippen LogP contribution in [0.3, 0.4) is 0 Å². The fourth-order valence-electron chi connectivity index (χ4n) is 4.15. The lowest BCUT2D eigenvalue weighted by Gasteiger charge is -2.44. The van der Waals surface area contributed by atoms with Crippen LogP contribution in [-0.2, 0) is 0 Å². The molecule has 1 aromatic rings. The first kappa shape index (κ1) is 10.2. The van der Waals surface area contributed by atoms with Crippen molar-refractivity contribution in [3.63, 3.8) is 0 Å². The van der Waals surface area contributed by atoms with Crippen molar-refractivity contribution < 1.29 is 0 Å². The zero-order chi connectivity index (χ0) is 11.7. The Bertz CT molecular complexity index is 494. The average molecular weight is 264 g/mol. The lowest BCUT2D eigenvalue weighted by molar-refractivity contribution is 0.350. The molecular formula is C14H11Cl2N. The van der Waals surface area contributed by atoms with Crippen LogP contribution in [0, 0.1) is 29.1 Å². The van der Waals surface area contributed by atoms with Crippen LogP contribution in [0.15, 0.2) is 24.3 Å². The first-order valence-corrected chi connectivity index (χ1v) is 6.89. The van der Waals surface area contributed by atoms with Gasteiger partial charge in [-0.1, -0.05) is 24.3 Å². The van der Waals surface area contributed by atoms with E-state index >= 15 is 0 Å². The molecule has 3 heteroatoms. The Labute approximate surface area is 110 Å². The van der Waals surface area contributed by atoms with Gasteiger partial charge in [-0.05, 0) is 23.0 Å². The number of nitrogens with zero attached hydrogens (tertiary/aromatic N) is 1. The van der Waals surface area contributed by atoms with Crippen molar-refractivity contribution in [3.8, 4) is 6.07 Å². The van der Waals surface area contributed by atoms with E-state index in [4.69, 9.17) is 23.2 Å². The molecule has 1 aromatic carbocycles. The molecule has 86 valence electrons. The molecule has 0 radical (unpaired) electrons. The molecule has 0 spiro atoms. The van der Waals surface area contributed by atoms with E-state index in [0.29, 0.717) is 11.8 Å². The zero-order valence-electron chi connectivity index (χ0n) is 9.05. The van der Waals surface area contributed by atoms with Gasteiger partial charge in [-0.3, -0.25) is 0 Å². The Morgan fingerprint density at radius 3 is 1.82 bits per heavy atom. The van der Waals surface area contributed by atoms with E-state index < -0.39 is 0 Å². The largest absolute Gasteiger partial charge is 0.198 e. The Kier molecular flexibility index (Phi) is 1.92. The molecule has 4 aliphatic carbocycles. The van der Waals surface area contributed by atoms with Gasteiger partial charge in [0, 0.05) is 11.8 Å². The van der Waals surface area contributed by atoms with E-state index in [1.807, 2.05) is 0 Å². The van der Waals surface area contributed by atoms with E-state index in [0.717, 1.165) is 0 Å². The maximum atomic E-state index is 9.22. The van der Waals surface area contributed by atoms with Gasteiger partial charge in [0.25, 0.3) is 0 Å². The van der Waals surface area contributed by atoms with Crippen LogP contribution in [0.5, 0.6) is 0 Å². The number of hydrogen-bond donors (Lipinski definition) is 0.